The number of cyclic esters (lactones) is 1. The van der Waals surface area contributed by atoms with Gasteiger partial charge in [-0.15, -0.1) is 0 Å². The molecule has 0 bridgehead atoms. The van der Waals surface area contributed by atoms with Gasteiger partial charge in [-0.3, -0.25) is 9.69 Å². The van der Waals surface area contributed by atoms with Crippen LogP contribution in [-0.2, 0) is 9.53 Å². The van der Waals surface area contributed by atoms with Crippen LogP contribution in [0.15, 0.2) is 83.5 Å². The molecule has 6 nitrogen and oxygen atoms in total. The van der Waals surface area contributed by atoms with E-state index in [1.807, 2.05) is 72.8 Å². The number of β-lactam (4-membered cyclic amide) rings is 1. The fraction of sp³-hybridized carbons (Fsp3) is 0.217. The smallest absolute Gasteiger partial charge is 0.410 e. The summed E-state index contributed by atoms with van der Waals surface area (Å²) in [5, 5.41) is 0. The van der Waals surface area contributed by atoms with E-state index >= 15 is 0 Å². The number of hydrogen-bond acceptors (Lipinski definition) is 4. The van der Waals surface area contributed by atoms with Gasteiger partial charge in [0.1, 0.15) is 18.4 Å². The molecule has 0 N–H and O–H groups in total. The SMILES string of the molecule is O=C1OC[C@H](c2ccccc2)N1C[C@@H]1C(=O)N(c2ccccc2)[C@@H]1c1ccco1. The quantitative estimate of drug-likeness (QED) is 0.615. The minimum absolute atomic E-state index is 0.0240. The Bertz CT molecular complexity index is 1000. The molecule has 2 aromatic carbocycles. The monoisotopic (exact) mass is 388 g/mol. The van der Waals surface area contributed by atoms with Crippen LogP contribution in [0.25, 0.3) is 0 Å². The van der Waals surface area contributed by atoms with Gasteiger partial charge in [-0.2, -0.15) is 0 Å². The Morgan fingerprint density at radius 1 is 0.897 bits per heavy atom. The van der Waals surface area contributed by atoms with Crippen molar-refractivity contribution in [3.8, 4) is 0 Å². The number of furan rings is 1. The molecule has 2 fully saturated rings. The molecular formula is C23H20N2O4. The standard InChI is InChI=1S/C23H20N2O4/c26-22-18(14-24-19(15-29-23(24)27)16-8-3-1-4-9-16)21(20-12-7-13-28-20)25(22)17-10-5-2-6-11-17/h1-13,18-19,21H,14-15H2/t18-,19+,21-/m0/s1. The number of amides is 2. The van der Waals surface area contributed by atoms with E-state index in [2.05, 4.69) is 0 Å². The molecule has 1 aromatic heterocycles. The highest BCUT2D eigenvalue weighted by Crippen LogP contribution is 2.45. The normalized spacial score (nSPS) is 23.8. The number of nitrogens with zero attached hydrogens (tertiary/aromatic N) is 2. The van der Waals surface area contributed by atoms with Gasteiger partial charge in [0.2, 0.25) is 5.91 Å². The Kier molecular flexibility index (Phi) is 4.31. The number of para-hydroxylation sites is 1. The summed E-state index contributed by atoms with van der Waals surface area (Å²) in [5.74, 6) is 0.296. The molecule has 3 aromatic rings. The summed E-state index contributed by atoms with van der Waals surface area (Å²) in [7, 11) is 0. The van der Waals surface area contributed by atoms with Crippen LogP contribution in [0.2, 0.25) is 0 Å². The fourth-order valence-corrected chi connectivity index (χ4v) is 4.20. The first-order valence-electron chi connectivity index (χ1n) is 9.64. The van der Waals surface area contributed by atoms with Gasteiger partial charge in [-0.25, -0.2) is 4.79 Å². The lowest BCUT2D eigenvalue weighted by Gasteiger charge is -2.47. The van der Waals surface area contributed by atoms with E-state index in [-0.39, 0.29) is 37.2 Å². The summed E-state index contributed by atoms with van der Waals surface area (Å²) in [4.78, 5) is 29.0. The van der Waals surface area contributed by atoms with Crippen molar-refractivity contribution in [2.24, 2.45) is 5.92 Å². The molecule has 0 saturated carbocycles. The van der Waals surface area contributed by atoms with Crippen LogP contribution >= 0.6 is 0 Å². The molecule has 146 valence electrons. The second-order valence-electron chi connectivity index (χ2n) is 7.27. The number of benzene rings is 2. The zero-order chi connectivity index (χ0) is 19.8. The third-order valence-electron chi connectivity index (χ3n) is 5.64. The van der Waals surface area contributed by atoms with Crippen molar-refractivity contribution in [1.82, 2.24) is 4.90 Å². The Morgan fingerprint density at radius 3 is 2.31 bits per heavy atom. The van der Waals surface area contributed by atoms with Gasteiger partial charge in [0.25, 0.3) is 0 Å². The molecule has 29 heavy (non-hydrogen) atoms. The summed E-state index contributed by atoms with van der Waals surface area (Å²) >= 11 is 0. The maximum absolute atomic E-state index is 13.1. The number of hydrogen-bond donors (Lipinski definition) is 0. The minimum atomic E-state index is -0.391. The molecule has 3 atom stereocenters. The maximum atomic E-state index is 13.1. The summed E-state index contributed by atoms with van der Waals surface area (Å²) in [5.41, 5.74) is 1.82. The molecule has 0 aliphatic carbocycles. The predicted molar refractivity (Wildman–Crippen MR) is 106 cm³/mol. The van der Waals surface area contributed by atoms with Gasteiger partial charge < -0.3 is 14.1 Å². The van der Waals surface area contributed by atoms with Gasteiger partial charge in [0.15, 0.2) is 0 Å². The van der Waals surface area contributed by atoms with Crippen molar-refractivity contribution in [3.05, 3.63) is 90.4 Å². The average molecular weight is 388 g/mol. The maximum Gasteiger partial charge on any atom is 0.410 e. The lowest BCUT2D eigenvalue weighted by Crippen LogP contribution is -2.59. The van der Waals surface area contributed by atoms with Crippen molar-refractivity contribution in [3.63, 3.8) is 0 Å². The highest BCUT2D eigenvalue weighted by molar-refractivity contribution is 6.03. The molecule has 2 aliphatic heterocycles. The van der Waals surface area contributed by atoms with E-state index in [4.69, 9.17) is 9.15 Å². The number of carbonyl (C=O) groups excluding carboxylic acids is 2. The molecule has 0 unspecified atom stereocenters. The summed E-state index contributed by atoms with van der Waals surface area (Å²) < 4.78 is 11.0. The number of rotatable bonds is 5. The van der Waals surface area contributed by atoms with Crippen LogP contribution in [0, 0.1) is 5.92 Å². The van der Waals surface area contributed by atoms with E-state index in [0.29, 0.717) is 5.76 Å². The zero-order valence-corrected chi connectivity index (χ0v) is 15.7. The summed E-state index contributed by atoms with van der Waals surface area (Å²) in [6.45, 7) is 0.573. The van der Waals surface area contributed by atoms with E-state index in [1.54, 1.807) is 16.1 Å². The zero-order valence-electron chi connectivity index (χ0n) is 15.7. The van der Waals surface area contributed by atoms with Gasteiger partial charge in [0, 0.05) is 12.2 Å². The van der Waals surface area contributed by atoms with Gasteiger partial charge >= 0.3 is 6.09 Å². The Hall–Kier alpha value is -3.54. The molecular weight excluding hydrogens is 368 g/mol. The second-order valence-corrected chi connectivity index (χ2v) is 7.27. The van der Waals surface area contributed by atoms with E-state index in [1.165, 1.54) is 0 Å². The number of anilines is 1. The highest BCUT2D eigenvalue weighted by Gasteiger charge is 2.52. The van der Waals surface area contributed by atoms with Crippen molar-refractivity contribution >= 4 is 17.7 Å². The first-order valence-corrected chi connectivity index (χ1v) is 9.64. The molecule has 2 aliphatic rings. The van der Waals surface area contributed by atoms with Gasteiger partial charge in [-0.1, -0.05) is 48.5 Å². The van der Waals surface area contributed by atoms with Crippen LogP contribution in [-0.4, -0.2) is 30.1 Å². The lowest BCUT2D eigenvalue weighted by molar-refractivity contribution is -0.131. The van der Waals surface area contributed by atoms with Crippen LogP contribution < -0.4 is 4.90 Å². The Balaban J connectivity index is 1.44. The van der Waals surface area contributed by atoms with Gasteiger partial charge in [0.05, 0.1) is 18.2 Å². The predicted octanol–water partition coefficient (Wildman–Crippen LogP) is 4.18. The van der Waals surface area contributed by atoms with Crippen molar-refractivity contribution in [2.45, 2.75) is 12.1 Å². The number of ether oxygens (including phenoxy) is 1. The van der Waals surface area contributed by atoms with Crippen LogP contribution in [0.5, 0.6) is 0 Å². The average Bonchev–Trinajstić information content (AvgIpc) is 3.41. The first kappa shape index (κ1) is 17.6. The molecule has 0 spiro atoms. The number of carbonyl (C=O) groups is 2. The molecule has 5 rings (SSSR count). The van der Waals surface area contributed by atoms with E-state index < -0.39 is 5.92 Å². The fourth-order valence-electron chi connectivity index (χ4n) is 4.20. The van der Waals surface area contributed by atoms with Gasteiger partial charge in [-0.05, 0) is 29.8 Å². The molecule has 6 heteroatoms. The lowest BCUT2D eigenvalue weighted by atomic mass is 9.84. The summed E-state index contributed by atoms with van der Waals surface area (Å²) in [6, 6.07) is 22.5. The van der Waals surface area contributed by atoms with Crippen molar-refractivity contribution in [2.75, 3.05) is 18.1 Å². The molecule has 2 amide bonds. The third kappa shape index (κ3) is 2.97. The Labute approximate surface area is 168 Å². The highest BCUT2D eigenvalue weighted by atomic mass is 16.6. The first-order chi connectivity index (χ1) is 14.2. The van der Waals surface area contributed by atoms with Crippen LogP contribution in [0.3, 0.4) is 0 Å². The topological polar surface area (TPSA) is 63.0 Å². The largest absolute Gasteiger partial charge is 0.467 e. The minimum Gasteiger partial charge on any atom is -0.467 e. The Morgan fingerprint density at radius 2 is 1.62 bits per heavy atom. The second kappa shape index (κ2) is 7.13. The molecule has 0 radical (unpaired) electrons. The van der Waals surface area contributed by atoms with Crippen molar-refractivity contribution < 1.29 is 18.7 Å². The van der Waals surface area contributed by atoms with E-state index in [9.17, 15) is 9.59 Å². The van der Waals surface area contributed by atoms with Crippen LogP contribution in [0.4, 0.5) is 10.5 Å². The van der Waals surface area contributed by atoms with Crippen LogP contribution in [0.1, 0.15) is 23.4 Å². The summed E-state index contributed by atoms with van der Waals surface area (Å²) in [6.07, 6.45) is 1.22. The molecule has 2 saturated heterocycles. The third-order valence-corrected chi connectivity index (χ3v) is 5.64. The van der Waals surface area contributed by atoms with E-state index in [0.717, 1.165) is 11.3 Å². The molecule has 3 heterocycles. The van der Waals surface area contributed by atoms with Crippen molar-refractivity contribution in [1.29, 1.82) is 0 Å².